The molecular formula is C16H13ClFNOS. The minimum atomic E-state index is -0.269. The van der Waals surface area contributed by atoms with Crippen molar-refractivity contribution in [1.82, 2.24) is 4.90 Å². The summed E-state index contributed by atoms with van der Waals surface area (Å²) in [5, 5.41) is 0.475. The molecule has 1 heterocycles. The normalized spacial score (nSPS) is 18.0. The highest BCUT2D eigenvalue weighted by Gasteiger charge is 2.31. The average Bonchev–Trinajstić information content (AvgIpc) is 2.96. The standard InChI is InChI=1S/C16H13ClFNOS/c17-13-3-1-2-12(10-13)15(20)19-8-9-21-16(19)11-4-6-14(18)7-5-11/h1-7,10,16H,8-9H2/t16-/m1/s1. The van der Waals surface area contributed by atoms with Crippen LogP contribution in [0.3, 0.4) is 0 Å². The van der Waals surface area contributed by atoms with Crippen molar-refractivity contribution in [2.45, 2.75) is 5.37 Å². The molecule has 1 aliphatic heterocycles. The molecule has 1 saturated heterocycles. The fraction of sp³-hybridized carbons (Fsp3) is 0.188. The van der Waals surface area contributed by atoms with E-state index >= 15 is 0 Å². The van der Waals surface area contributed by atoms with Crippen LogP contribution in [0, 0.1) is 5.82 Å². The number of hydrogen-bond donors (Lipinski definition) is 0. The first-order valence-corrected chi connectivity index (χ1v) is 8.01. The van der Waals surface area contributed by atoms with Gasteiger partial charge in [0.2, 0.25) is 0 Å². The molecule has 0 aliphatic carbocycles. The smallest absolute Gasteiger partial charge is 0.255 e. The van der Waals surface area contributed by atoms with Crippen LogP contribution < -0.4 is 0 Å². The Kier molecular flexibility index (Phi) is 4.17. The summed E-state index contributed by atoms with van der Waals surface area (Å²) in [6.07, 6.45) is 0. The number of halogens is 2. The van der Waals surface area contributed by atoms with Crippen LogP contribution in [-0.2, 0) is 0 Å². The van der Waals surface area contributed by atoms with E-state index in [2.05, 4.69) is 0 Å². The van der Waals surface area contributed by atoms with Crippen molar-refractivity contribution in [3.05, 3.63) is 70.5 Å². The number of hydrogen-bond acceptors (Lipinski definition) is 2. The lowest BCUT2D eigenvalue weighted by Gasteiger charge is -2.24. The second-order valence-corrected chi connectivity index (χ2v) is 6.41. The SMILES string of the molecule is O=C(c1cccc(Cl)c1)N1CCS[C@@H]1c1ccc(F)cc1. The summed E-state index contributed by atoms with van der Waals surface area (Å²) in [5.74, 6) is 0.556. The molecule has 0 saturated carbocycles. The van der Waals surface area contributed by atoms with Gasteiger partial charge in [0.25, 0.3) is 5.91 Å². The van der Waals surface area contributed by atoms with Gasteiger partial charge in [-0.1, -0.05) is 29.8 Å². The number of rotatable bonds is 2. The molecule has 2 aromatic rings. The molecule has 0 aromatic heterocycles. The minimum absolute atomic E-state index is 0.0446. The zero-order valence-corrected chi connectivity index (χ0v) is 12.7. The van der Waals surface area contributed by atoms with E-state index in [0.29, 0.717) is 17.1 Å². The largest absolute Gasteiger partial charge is 0.322 e. The van der Waals surface area contributed by atoms with Crippen molar-refractivity contribution < 1.29 is 9.18 Å². The molecule has 1 aliphatic rings. The summed E-state index contributed by atoms with van der Waals surface area (Å²) in [4.78, 5) is 14.4. The van der Waals surface area contributed by atoms with Gasteiger partial charge in [-0.25, -0.2) is 4.39 Å². The molecule has 0 spiro atoms. The van der Waals surface area contributed by atoms with Crippen LogP contribution in [0.4, 0.5) is 4.39 Å². The fourth-order valence-electron chi connectivity index (χ4n) is 2.37. The highest BCUT2D eigenvalue weighted by atomic mass is 35.5. The van der Waals surface area contributed by atoms with E-state index in [-0.39, 0.29) is 17.1 Å². The second-order valence-electron chi connectivity index (χ2n) is 4.78. The predicted octanol–water partition coefficient (Wildman–Crippen LogP) is 4.37. The summed E-state index contributed by atoms with van der Waals surface area (Å²) in [5.41, 5.74) is 1.52. The van der Waals surface area contributed by atoms with Gasteiger partial charge in [0.15, 0.2) is 0 Å². The predicted molar refractivity (Wildman–Crippen MR) is 84.1 cm³/mol. The maximum atomic E-state index is 13.0. The highest BCUT2D eigenvalue weighted by Crippen LogP contribution is 2.38. The van der Waals surface area contributed by atoms with Crippen LogP contribution in [0.2, 0.25) is 5.02 Å². The summed E-state index contributed by atoms with van der Waals surface area (Å²) in [6.45, 7) is 0.679. The summed E-state index contributed by atoms with van der Waals surface area (Å²) < 4.78 is 13.0. The van der Waals surface area contributed by atoms with E-state index in [9.17, 15) is 9.18 Å². The van der Waals surface area contributed by atoms with Crippen LogP contribution in [0.15, 0.2) is 48.5 Å². The minimum Gasteiger partial charge on any atom is -0.322 e. The molecular weight excluding hydrogens is 309 g/mol. The van der Waals surface area contributed by atoms with Crippen molar-refractivity contribution >= 4 is 29.3 Å². The third-order valence-corrected chi connectivity index (χ3v) is 4.87. The van der Waals surface area contributed by atoms with Gasteiger partial charge < -0.3 is 4.90 Å². The molecule has 2 nitrogen and oxygen atoms in total. The highest BCUT2D eigenvalue weighted by molar-refractivity contribution is 7.99. The van der Waals surface area contributed by atoms with E-state index in [1.54, 1.807) is 48.2 Å². The molecule has 0 bridgehead atoms. The van der Waals surface area contributed by atoms with Crippen molar-refractivity contribution in [2.75, 3.05) is 12.3 Å². The third kappa shape index (κ3) is 3.06. The molecule has 3 rings (SSSR count). The van der Waals surface area contributed by atoms with E-state index < -0.39 is 0 Å². The van der Waals surface area contributed by atoms with Gasteiger partial charge in [-0.3, -0.25) is 4.79 Å². The Bertz CT molecular complexity index is 662. The summed E-state index contributed by atoms with van der Waals surface area (Å²) >= 11 is 7.64. The summed E-state index contributed by atoms with van der Waals surface area (Å²) in [6, 6.07) is 13.3. The van der Waals surface area contributed by atoms with Crippen LogP contribution in [0.25, 0.3) is 0 Å². The molecule has 5 heteroatoms. The molecule has 1 atom stereocenters. The van der Waals surface area contributed by atoms with Crippen molar-refractivity contribution in [2.24, 2.45) is 0 Å². The number of thioether (sulfide) groups is 1. The molecule has 21 heavy (non-hydrogen) atoms. The second kappa shape index (κ2) is 6.08. The van der Waals surface area contributed by atoms with Crippen molar-refractivity contribution in [1.29, 1.82) is 0 Å². The van der Waals surface area contributed by atoms with Gasteiger partial charge >= 0.3 is 0 Å². The lowest BCUT2D eigenvalue weighted by molar-refractivity contribution is 0.0760. The maximum absolute atomic E-state index is 13.0. The third-order valence-electron chi connectivity index (χ3n) is 3.38. The first-order valence-electron chi connectivity index (χ1n) is 6.59. The number of carbonyl (C=O) groups excluding carboxylic acids is 1. The topological polar surface area (TPSA) is 20.3 Å². The van der Waals surface area contributed by atoms with Crippen LogP contribution in [-0.4, -0.2) is 23.1 Å². The van der Waals surface area contributed by atoms with E-state index in [0.717, 1.165) is 11.3 Å². The first-order chi connectivity index (χ1) is 10.1. The van der Waals surface area contributed by atoms with E-state index in [1.165, 1.54) is 12.1 Å². The fourth-order valence-corrected chi connectivity index (χ4v) is 3.82. The van der Waals surface area contributed by atoms with E-state index in [1.807, 2.05) is 4.90 Å². The molecule has 0 unspecified atom stereocenters. The number of carbonyl (C=O) groups is 1. The molecule has 0 radical (unpaired) electrons. The Hall–Kier alpha value is -1.52. The van der Waals surface area contributed by atoms with Gasteiger partial charge in [0.05, 0.1) is 0 Å². The Morgan fingerprint density at radius 2 is 2.00 bits per heavy atom. The van der Waals surface area contributed by atoms with Gasteiger partial charge in [-0.2, -0.15) is 0 Å². The van der Waals surface area contributed by atoms with Gasteiger partial charge in [-0.15, -0.1) is 11.8 Å². The zero-order chi connectivity index (χ0) is 14.8. The van der Waals surface area contributed by atoms with Crippen molar-refractivity contribution in [3.8, 4) is 0 Å². The van der Waals surface area contributed by atoms with Gasteiger partial charge in [-0.05, 0) is 35.9 Å². The molecule has 2 aromatic carbocycles. The summed E-state index contributed by atoms with van der Waals surface area (Å²) in [7, 11) is 0. The number of nitrogens with zero attached hydrogens (tertiary/aromatic N) is 1. The Labute approximate surface area is 131 Å². The monoisotopic (exact) mass is 321 g/mol. The molecule has 1 amide bonds. The average molecular weight is 322 g/mol. The van der Waals surface area contributed by atoms with Gasteiger partial charge in [0, 0.05) is 22.9 Å². The Morgan fingerprint density at radius 3 is 2.71 bits per heavy atom. The van der Waals surface area contributed by atoms with Crippen LogP contribution >= 0.6 is 23.4 Å². The number of amides is 1. The molecule has 0 N–H and O–H groups in total. The Morgan fingerprint density at radius 1 is 1.24 bits per heavy atom. The lowest BCUT2D eigenvalue weighted by Crippen LogP contribution is -2.30. The lowest BCUT2D eigenvalue weighted by atomic mass is 10.1. The van der Waals surface area contributed by atoms with Gasteiger partial charge in [0.1, 0.15) is 11.2 Å². The quantitative estimate of drug-likeness (QED) is 0.818. The number of benzene rings is 2. The van der Waals surface area contributed by atoms with Crippen LogP contribution in [0.1, 0.15) is 21.3 Å². The molecule has 1 fully saturated rings. The Balaban J connectivity index is 1.87. The first kappa shape index (κ1) is 14.4. The maximum Gasteiger partial charge on any atom is 0.255 e. The van der Waals surface area contributed by atoms with Crippen molar-refractivity contribution in [3.63, 3.8) is 0 Å². The van der Waals surface area contributed by atoms with Crippen LogP contribution in [0.5, 0.6) is 0 Å². The molecule has 108 valence electrons. The van der Waals surface area contributed by atoms with E-state index in [4.69, 9.17) is 11.6 Å². The zero-order valence-electron chi connectivity index (χ0n) is 11.1.